The van der Waals surface area contributed by atoms with Crippen LogP contribution in [0.25, 0.3) is 0 Å². The van der Waals surface area contributed by atoms with Gasteiger partial charge in [0.25, 0.3) is 0 Å². The van der Waals surface area contributed by atoms with Crippen LogP contribution in [0.3, 0.4) is 0 Å². The fourth-order valence-electron chi connectivity index (χ4n) is 1.39. The van der Waals surface area contributed by atoms with Gasteiger partial charge in [-0.3, -0.25) is 4.79 Å². The van der Waals surface area contributed by atoms with Gasteiger partial charge in [0.1, 0.15) is 6.04 Å². The van der Waals surface area contributed by atoms with E-state index in [0.717, 1.165) is 0 Å². The van der Waals surface area contributed by atoms with E-state index in [2.05, 4.69) is 10.3 Å². The summed E-state index contributed by atoms with van der Waals surface area (Å²) in [4.78, 5) is 37.3. The molecule has 0 aliphatic rings. The maximum absolute atomic E-state index is 11.4. The van der Waals surface area contributed by atoms with Crippen molar-refractivity contribution >= 4 is 29.6 Å². The van der Waals surface area contributed by atoms with Crippen LogP contribution in [0.2, 0.25) is 0 Å². The van der Waals surface area contributed by atoms with Gasteiger partial charge in [-0.25, -0.2) is 14.6 Å². The number of nitrogens with one attached hydrogen (secondary N) is 1. The molecule has 1 heterocycles. The van der Waals surface area contributed by atoms with Gasteiger partial charge >= 0.3 is 11.9 Å². The summed E-state index contributed by atoms with van der Waals surface area (Å²) in [6.07, 6.45) is 1.37. The topological polar surface area (TPSA) is 106 Å². The van der Waals surface area contributed by atoms with E-state index >= 15 is 0 Å². The Hall–Kier alpha value is -2.09. The van der Waals surface area contributed by atoms with Crippen molar-refractivity contribution in [3.8, 4) is 0 Å². The van der Waals surface area contributed by atoms with Gasteiger partial charge in [-0.2, -0.15) is 0 Å². The first-order valence-corrected chi connectivity index (χ1v) is 7.18. The van der Waals surface area contributed by atoms with Crippen LogP contribution in [0.5, 0.6) is 0 Å². The largest absolute Gasteiger partial charge is 0.480 e. The Morgan fingerprint density at radius 3 is 2.62 bits per heavy atom. The molecule has 1 rings (SSSR count). The van der Waals surface area contributed by atoms with Crippen LogP contribution >= 0.6 is 11.8 Å². The summed E-state index contributed by atoms with van der Waals surface area (Å²) in [6.45, 7) is 3.25. The number of pyridine rings is 1. The molecule has 114 valence electrons. The minimum absolute atomic E-state index is 0.140. The molecule has 8 heteroatoms. The van der Waals surface area contributed by atoms with Crippen molar-refractivity contribution in [1.82, 2.24) is 10.3 Å². The number of rotatable bonds is 7. The molecule has 0 saturated carbocycles. The highest BCUT2D eigenvalue weighted by Crippen LogP contribution is 2.17. The van der Waals surface area contributed by atoms with Crippen LogP contribution in [0.4, 0.5) is 0 Å². The van der Waals surface area contributed by atoms with E-state index in [1.807, 2.05) is 0 Å². The second-order valence-electron chi connectivity index (χ2n) is 4.01. The van der Waals surface area contributed by atoms with E-state index in [1.54, 1.807) is 19.1 Å². The molecule has 0 aromatic carbocycles. The number of ether oxygens (including phenoxy) is 1. The third kappa shape index (κ3) is 5.82. The smallest absolute Gasteiger partial charge is 0.339 e. The van der Waals surface area contributed by atoms with E-state index in [9.17, 15) is 14.4 Å². The van der Waals surface area contributed by atoms with Crippen molar-refractivity contribution in [3.05, 3.63) is 23.9 Å². The van der Waals surface area contributed by atoms with Crippen LogP contribution in [-0.2, 0) is 14.3 Å². The fourth-order valence-corrected chi connectivity index (χ4v) is 2.24. The minimum Gasteiger partial charge on any atom is -0.480 e. The monoisotopic (exact) mass is 312 g/mol. The van der Waals surface area contributed by atoms with Gasteiger partial charge in [-0.15, -0.1) is 11.8 Å². The Kier molecular flexibility index (Phi) is 6.67. The zero-order valence-electron chi connectivity index (χ0n) is 11.7. The molecule has 1 aromatic heterocycles. The summed E-state index contributed by atoms with van der Waals surface area (Å²) in [5, 5.41) is 11.9. The van der Waals surface area contributed by atoms with Crippen LogP contribution in [0.1, 0.15) is 24.2 Å². The normalized spacial score (nSPS) is 11.5. The molecule has 0 saturated heterocycles. The Labute approximate surface area is 126 Å². The number of carboxylic acid groups (broad SMARTS) is 1. The first-order chi connectivity index (χ1) is 9.93. The van der Waals surface area contributed by atoms with Gasteiger partial charge in [-0.05, 0) is 19.1 Å². The number of amides is 1. The number of carboxylic acids is 1. The summed E-state index contributed by atoms with van der Waals surface area (Å²) in [5.74, 6) is -1.83. The molecule has 0 spiro atoms. The van der Waals surface area contributed by atoms with Crippen LogP contribution in [0, 0.1) is 0 Å². The molecule has 0 aliphatic carbocycles. The lowest BCUT2D eigenvalue weighted by Gasteiger charge is -2.12. The van der Waals surface area contributed by atoms with E-state index in [4.69, 9.17) is 9.84 Å². The Morgan fingerprint density at radius 2 is 2.14 bits per heavy atom. The number of carbonyl (C=O) groups excluding carboxylic acids is 2. The minimum atomic E-state index is -1.11. The highest BCUT2D eigenvalue weighted by atomic mass is 32.2. The van der Waals surface area contributed by atoms with E-state index < -0.39 is 23.9 Å². The van der Waals surface area contributed by atoms with Gasteiger partial charge in [0.05, 0.1) is 17.2 Å². The number of nitrogens with zero attached hydrogens (tertiary/aromatic N) is 1. The number of hydrogen-bond donors (Lipinski definition) is 2. The highest BCUT2D eigenvalue weighted by Gasteiger charge is 2.18. The van der Waals surface area contributed by atoms with Crippen molar-refractivity contribution in [2.24, 2.45) is 0 Å². The Morgan fingerprint density at radius 1 is 1.43 bits per heavy atom. The van der Waals surface area contributed by atoms with Crippen molar-refractivity contribution in [1.29, 1.82) is 0 Å². The Bertz CT molecular complexity index is 518. The summed E-state index contributed by atoms with van der Waals surface area (Å²) in [7, 11) is 0. The predicted molar refractivity (Wildman–Crippen MR) is 76.2 cm³/mol. The molecule has 21 heavy (non-hydrogen) atoms. The molecule has 0 bridgehead atoms. The van der Waals surface area contributed by atoms with Crippen molar-refractivity contribution in [2.75, 3.05) is 12.4 Å². The van der Waals surface area contributed by atoms with Gasteiger partial charge < -0.3 is 15.2 Å². The van der Waals surface area contributed by atoms with Crippen molar-refractivity contribution < 1.29 is 24.2 Å². The molecular formula is C13H16N2O5S. The highest BCUT2D eigenvalue weighted by molar-refractivity contribution is 7.99. The molecule has 0 aliphatic heterocycles. The summed E-state index contributed by atoms with van der Waals surface area (Å²) >= 11 is 1.17. The predicted octanol–water partition coefficient (Wildman–Crippen LogP) is 0.940. The molecule has 1 atom stereocenters. The standard InChI is InChI=1S/C13H16N2O5S/c1-3-20-13(19)9-4-5-11(14-6-9)21-7-10(12(17)18)15-8(2)16/h4-6,10H,3,7H2,1-2H3,(H,15,16)(H,17,18)/t10-/m0/s1. The maximum Gasteiger partial charge on any atom is 0.339 e. The van der Waals surface area contributed by atoms with Gasteiger partial charge in [0, 0.05) is 18.9 Å². The van der Waals surface area contributed by atoms with Crippen molar-refractivity contribution in [2.45, 2.75) is 24.9 Å². The molecule has 1 aromatic rings. The lowest BCUT2D eigenvalue weighted by atomic mass is 10.3. The van der Waals surface area contributed by atoms with E-state index in [0.29, 0.717) is 10.6 Å². The van der Waals surface area contributed by atoms with E-state index in [-0.39, 0.29) is 12.4 Å². The third-order valence-electron chi connectivity index (χ3n) is 2.32. The average Bonchev–Trinajstić information content (AvgIpc) is 2.43. The lowest BCUT2D eigenvalue weighted by Crippen LogP contribution is -2.41. The average molecular weight is 312 g/mol. The summed E-state index contributed by atoms with van der Waals surface area (Å²) in [5.41, 5.74) is 0.331. The molecule has 1 amide bonds. The van der Waals surface area contributed by atoms with Crippen molar-refractivity contribution in [3.63, 3.8) is 0 Å². The van der Waals surface area contributed by atoms with Crippen LogP contribution in [0.15, 0.2) is 23.4 Å². The molecule has 0 radical (unpaired) electrons. The number of hydrogen-bond acceptors (Lipinski definition) is 6. The van der Waals surface area contributed by atoms with Crippen LogP contribution in [-0.4, -0.2) is 46.3 Å². The SMILES string of the molecule is CCOC(=O)c1ccc(SC[C@H](NC(C)=O)C(=O)O)nc1. The van der Waals surface area contributed by atoms with E-state index in [1.165, 1.54) is 24.9 Å². The summed E-state index contributed by atoms with van der Waals surface area (Å²) < 4.78 is 4.83. The van der Waals surface area contributed by atoms with Crippen LogP contribution < -0.4 is 5.32 Å². The molecule has 2 N–H and O–H groups in total. The number of aliphatic carboxylic acids is 1. The zero-order valence-corrected chi connectivity index (χ0v) is 12.5. The fraction of sp³-hybridized carbons (Fsp3) is 0.385. The summed E-state index contributed by atoms with van der Waals surface area (Å²) in [6, 6.07) is 2.17. The second kappa shape index (κ2) is 8.25. The number of esters is 1. The molecular weight excluding hydrogens is 296 g/mol. The van der Waals surface area contributed by atoms with Gasteiger partial charge in [0.2, 0.25) is 5.91 Å². The number of aromatic nitrogens is 1. The third-order valence-corrected chi connectivity index (χ3v) is 3.36. The Balaban J connectivity index is 2.60. The van der Waals surface area contributed by atoms with Gasteiger partial charge in [0.15, 0.2) is 0 Å². The lowest BCUT2D eigenvalue weighted by molar-refractivity contribution is -0.140. The first kappa shape index (κ1) is 17.0. The van der Waals surface area contributed by atoms with Gasteiger partial charge in [-0.1, -0.05) is 0 Å². The molecule has 0 unspecified atom stereocenters. The number of thioether (sulfide) groups is 1. The number of carbonyl (C=O) groups is 3. The zero-order chi connectivity index (χ0) is 15.8. The maximum atomic E-state index is 11.4. The second-order valence-corrected chi connectivity index (χ2v) is 5.05. The molecule has 0 fully saturated rings. The quantitative estimate of drug-likeness (QED) is 0.570. The molecule has 7 nitrogen and oxygen atoms in total. The first-order valence-electron chi connectivity index (χ1n) is 6.20.